The van der Waals surface area contributed by atoms with Crippen molar-refractivity contribution < 1.29 is 27.8 Å². The van der Waals surface area contributed by atoms with E-state index >= 15 is 0 Å². The molecule has 31 heavy (non-hydrogen) atoms. The number of para-hydroxylation sites is 1. The number of methoxy groups -OCH3 is 1. The summed E-state index contributed by atoms with van der Waals surface area (Å²) in [6, 6.07) is 17.7. The highest BCUT2D eigenvalue weighted by molar-refractivity contribution is 6.12. The summed E-state index contributed by atoms with van der Waals surface area (Å²) < 4.78 is 34.4. The molecule has 160 valence electrons. The molecule has 2 amide bonds. The predicted molar refractivity (Wildman–Crippen MR) is 113 cm³/mol. The fourth-order valence-electron chi connectivity index (χ4n) is 2.91. The van der Waals surface area contributed by atoms with Crippen molar-refractivity contribution in [2.75, 3.05) is 17.7 Å². The fourth-order valence-corrected chi connectivity index (χ4v) is 2.91. The lowest BCUT2D eigenvalue weighted by Crippen LogP contribution is -2.18. The van der Waals surface area contributed by atoms with Gasteiger partial charge in [0.15, 0.2) is 11.5 Å². The lowest BCUT2D eigenvalue weighted by molar-refractivity contribution is -0.0512. The monoisotopic (exact) mass is 426 g/mol. The number of hydrogen-bond donors (Lipinski definition) is 2. The third-order valence-electron chi connectivity index (χ3n) is 4.34. The van der Waals surface area contributed by atoms with Gasteiger partial charge in [-0.25, -0.2) is 0 Å². The summed E-state index contributed by atoms with van der Waals surface area (Å²) in [4.78, 5) is 25.4. The average Bonchev–Trinajstić information content (AvgIpc) is 2.74. The van der Waals surface area contributed by atoms with Gasteiger partial charge in [-0.1, -0.05) is 24.3 Å². The van der Waals surface area contributed by atoms with Crippen LogP contribution >= 0.6 is 0 Å². The Morgan fingerprint density at radius 3 is 2.35 bits per heavy atom. The van der Waals surface area contributed by atoms with Crippen LogP contribution in [0.1, 0.15) is 26.3 Å². The second-order valence-corrected chi connectivity index (χ2v) is 6.57. The summed E-state index contributed by atoms with van der Waals surface area (Å²) in [5, 5.41) is 5.47. The van der Waals surface area contributed by atoms with Crippen molar-refractivity contribution in [2.24, 2.45) is 0 Å². The SMILES string of the molecule is COc1cc(C(=O)Nc2ccccc2C(=O)Nc2cccc(C)c2)ccc1OC(F)F. The molecule has 0 aliphatic heterocycles. The van der Waals surface area contributed by atoms with Crippen molar-refractivity contribution in [1.29, 1.82) is 0 Å². The summed E-state index contributed by atoms with van der Waals surface area (Å²) in [7, 11) is 1.28. The van der Waals surface area contributed by atoms with Gasteiger partial charge in [0.25, 0.3) is 11.8 Å². The standard InChI is InChI=1S/C23H20F2N2O4/c1-14-6-5-7-16(12-14)26-22(29)17-8-3-4-9-18(17)27-21(28)15-10-11-19(31-23(24)25)20(13-15)30-2/h3-13,23H,1-2H3,(H,26,29)(H,27,28). The van der Waals surface area contributed by atoms with E-state index in [1.54, 1.807) is 30.3 Å². The molecule has 0 aromatic heterocycles. The van der Waals surface area contributed by atoms with Gasteiger partial charge in [0.2, 0.25) is 0 Å². The summed E-state index contributed by atoms with van der Waals surface area (Å²) in [5.74, 6) is -1.14. The van der Waals surface area contributed by atoms with Gasteiger partial charge in [-0.2, -0.15) is 8.78 Å². The number of carbonyl (C=O) groups is 2. The maximum Gasteiger partial charge on any atom is 0.387 e. The highest BCUT2D eigenvalue weighted by Crippen LogP contribution is 2.30. The zero-order chi connectivity index (χ0) is 22.4. The lowest BCUT2D eigenvalue weighted by atomic mass is 10.1. The van der Waals surface area contributed by atoms with Gasteiger partial charge in [-0.15, -0.1) is 0 Å². The number of carbonyl (C=O) groups excluding carboxylic acids is 2. The normalized spacial score (nSPS) is 10.5. The summed E-state index contributed by atoms with van der Waals surface area (Å²) in [6.07, 6.45) is 0. The zero-order valence-corrected chi connectivity index (χ0v) is 16.8. The molecule has 6 nitrogen and oxygen atoms in total. The molecule has 0 atom stereocenters. The lowest BCUT2D eigenvalue weighted by Gasteiger charge is -2.13. The van der Waals surface area contributed by atoms with Gasteiger partial charge in [0.05, 0.1) is 18.4 Å². The Morgan fingerprint density at radius 1 is 0.871 bits per heavy atom. The highest BCUT2D eigenvalue weighted by atomic mass is 19.3. The quantitative estimate of drug-likeness (QED) is 0.551. The Kier molecular flexibility index (Phi) is 6.81. The van der Waals surface area contributed by atoms with Crippen LogP contribution in [0.4, 0.5) is 20.2 Å². The van der Waals surface area contributed by atoms with Crippen molar-refractivity contribution in [3.05, 3.63) is 83.4 Å². The molecule has 3 rings (SSSR count). The van der Waals surface area contributed by atoms with E-state index in [2.05, 4.69) is 15.4 Å². The van der Waals surface area contributed by atoms with Crippen molar-refractivity contribution in [1.82, 2.24) is 0 Å². The van der Waals surface area contributed by atoms with E-state index in [1.807, 2.05) is 25.1 Å². The Balaban J connectivity index is 1.80. The molecule has 0 bridgehead atoms. The van der Waals surface area contributed by atoms with Crippen LogP contribution in [0, 0.1) is 6.92 Å². The smallest absolute Gasteiger partial charge is 0.387 e. The molecular formula is C23H20F2N2O4. The molecule has 0 aliphatic rings. The van der Waals surface area contributed by atoms with Crippen LogP contribution in [0.5, 0.6) is 11.5 Å². The number of ether oxygens (including phenoxy) is 2. The van der Waals surface area contributed by atoms with Gasteiger partial charge in [0, 0.05) is 11.3 Å². The second kappa shape index (κ2) is 9.71. The van der Waals surface area contributed by atoms with Crippen LogP contribution in [0.25, 0.3) is 0 Å². The molecule has 0 spiro atoms. The number of anilines is 2. The predicted octanol–water partition coefficient (Wildman–Crippen LogP) is 5.11. The minimum Gasteiger partial charge on any atom is -0.493 e. The first kappa shape index (κ1) is 21.8. The topological polar surface area (TPSA) is 76.7 Å². The van der Waals surface area contributed by atoms with Crippen molar-refractivity contribution in [3.8, 4) is 11.5 Å². The van der Waals surface area contributed by atoms with Crippen LogP contribution in [0.15, 0.2) is 66.7 Å². The number of nitrogens with one attached hydrogen (secondary N) is 2. The van der Waals surface area contributed by atoms with E-state index in [0.717, 1.165) is 5.56 Å². The molecule has 0 heterocycles. The van der Waals surface area contributed by atoms with Crippen LogP contribution in [-0.2, 0) is 0 Å². The molecule has 3 aromatic carbocycles. The number of hydrogen-bond acceptors (Lipinski definition) is 4. The maximum atomic E-state index is 12.7. The molecule has 0 aliphatic carbocycles. The van der Waals surface area contributed by atoms with Crippen LogP contribution < -0.4 is 20.1 Å². The summed E-state index contributed by atoms with van der Waals surface area (Å²) in [5.41, 5.74) is 2.33. The number of benzene rings is 3. The number of alkyl halides is 2. The van der Waals surface area contributed by atoms with E-state index in [9.17, 15) is 18.4 Å². The third kappa shape index (κ3) is 5.57. The maximum absolute atomic E-state index is 12.7. The minimum atomic E-state index is -3.02. The van der Waals surface area contributed by atoms with Gasteiger partial charge in [-0.05, 0) is 55.0 Å². The molecule has 0 radical (unpaired) electrons. The molecule has 0 saturated carbocycles. The Morgan fingerprint density at radius 2 is 1.65 bits per heavy atom. The van der Waals surface area contributed by atoms with Crippen LogP contribution in [0.2, 0.25) is 0 Å². The van der Waals surface area contributed by atoms with Crippen molar-refractivity contribution in [3.63, 3.8) is 0 Å². The molecule has 3 aromatic rings. The van der Waals surface area contributed by atoms with Gasteiger partial charge < -0.3 is 20.1 Å². The number of halogens is 2. The van der Waals surface area contributed by atoms with Gasteiger partial charge >= 0.3 is 6.61 Å². The minimum absolute atomic E-state index is 0.0153. The van der Waals surface area contributed by atoms with Gasteiger partial charge in [-0.3, -0.25) is 9.59 Å². The number of amides is 2. The molecule has 0 fully saturated rings. The number of aryl methyl sites for hydroxylation is 1. The van der Waals surface area contributed by atoms with E-state index < -0.39 is 12.5 Å². The molecule has 0 saturated heterocycles. The van der Waals surface area contributed by atoms with Crippen LogP contribution in [-0.4, -0.2) is 25.5 Å². The largest absolute Gasteiger partial charge is 0.493 e. The van der Waals surface area contributed by atoms with Crippen LogP contribution in [0.3, 0.4) is 0 Å². The summed E-state index contributed by atoms with van der Waals surface area (Å²) in [6.45, 7) is -1.11. The Labute approximate surface area is 177 Å². The third-order valence-corrected chi connectivity index (χ3v) is 4.34. The number of rotatable bonds is 7. The Bertz CT molecular complexity index is 1100. The molecule has 2 N–H and O–H groups in total. The van der Waals surface area contributed by atoms with E-state index in [-0.39, 0.29) is 28.5 Å². The van der Waals surface area contributed by atoms with E-state index in [4.69, 9.17) is 4.74 Å². The Hall–Kier alpha value is -3.94. The first-order chi connectivity index (χ1) is 14.9. The first-order valence-electron chi connectivity index (χ1n) is 9.28. The first-order valence-corrected chi connectivity index (χ1v) is 9.28. The van der Waals surface area contributed by atoms with E-state index in [1.165, 1.54) is 25.3 Å². The zero-order valence-electron chi connectivity index (χ0n) is 16.8. The van der Waals surface area contributed by atoms with Gasteiger partial charge in [0.1, 0.15) is 0 Å². The summed E-state index contributed by atoms with van der Waals surface area (Å²) >= 11 is 0. The second-order valence-electron chi connectivity index (χ2n) is 6.57. The average molecular weight is 426 g/mol. The van der Waals surface area contributed by atoms with Crippen molar-refractivity contribution in [2.45, 2.75) is 13.5 Å². The molecular weight excluding hydrogens is 406 g/mol. The fraction of sp³-hybridized carbons (Fsp3) is 0.130. The molecule has 0 unspecified atom stereocenters. The highest BCUT2D eigenvalue weighted by Gasteiger charge is 2.17. The molecule has 8 heteroatoms. The van der Waals surface area contributed by atoms with Crippen molar-refractivity contribution >= 4 is 23.2 Å². The van der Waals surface area contributed by atoms with E-state index in [0.29, 0.717) is 11.4 Å².